The largest absolute Gasteiger partial charge is 0.383 e. The number of aromatic nitrogens is 1. The van der Waals surface area contributed by atoms with Crippen molar-refractivity contribution in [2.24, 2.45) is 0 Å². The van der Waals surface area contributed by atoms with Gasteiger partial charge in [0.2, 0.25) is 0 Å². The average Bonchev–Trinajstić information content (AvgIpc) is 3.43. The van der Waals surface area contributed by atoms with Crippen molar-refractivity contribution in [1.82, 2.24) is 15.2 Å². The van der Waals surface area contributed by atoms with Crippen LogP contribution in [0.2, 0.25) is 0 Å². The van der Waals surface area contributed by atoms with Gasteiger partial charge in [-0.15, -0.1) is 11.3 Å². The second-order valence-corrected chi connectivity index (χ2v) is 9.39. The van der Waals surface area contributed by atoms with Gasteiger partial charge >= 0.3 is 0 Å². The fourth-order valence-corrected chi connectivity index (χ4v) is 5.89. The van der Waals surface area contributed by atoms with Gasteiger partial charge in [0.05, 0.1) is 17.0 Å². The van der Waals surface area contributed by atoms with Crippen LogP contribution in [-0.4, -0.2) is 49.1 Å². The predicted molar refractivity (Wildman–Crippen MR) is 130 cm³/mol. The number of nitrogens with one attached hydrogen (secondary N) is 1. The molecule has 0 bridgehead atoms. The number of carbonyl (C=O) groups is 1. The molecule has 164 valence electrons. The minimum absolute atomic E-state index is 0.0127. The molecule has 3 heterocycles. The highest BCUT2D eigenvalue weighted by Crippen LogP contribution is 2.40. The molecular weight excluding hydrogens is 418 g/mol. The van der Waals surface area contributed by atoms with Gasteiger partial charge in [0, 0.05) is 48.9 Å². The Bertz CT molecular complexity index is 1250. The molecule has 6 heteroatoms. The van der Waals surface area contributed by atoms with Crippen molar-refractivity contribution in [3.63, 3.8) is 0 Å². The third-order valence-corrected chi connectivity index (χ3v) is 7.37. The number of hydrogen-bond donors (Lipinski definition) is 1. The standard InChI is InChI=1S/C26H27N3O2S/c1-31-14-12-28-26(30)25-24(21-6-2-3-7-23(21)32-25)20-10-13-29(17-20)16-18-8-9-22-19(15-18)5-4-11-27-22/h2-9,11,15,20H,10,12-14,16-17H2,1H3,(H,28,30). The van der Waals surface area contributed by atoms with Crippen molar-refractivity contribution in [2.75, 3.05) is 33.4 Å². The molecule has 1 amide bonds. The van der Waals surface area contributed by atoms with Crippen LogP contribution in [0.25, 0.3) is 21.0 Å². The first kappa shape index (κ1) is 21.1. The number of ether oxygens (including phenoxy) is 1. The van der Waals surface area contributed by atoms with E-state index in [0.717, 1.165) is 36.4 Å². The van der Waals surface area contributed by atoms with Crippen LogP contribution in [0.1, 0.15) is 33.1 Å². The third kappa shape index (κ3) is 4.26. The molecule has 2 aromatic heterocycles. The highest BCUT2D eigenvalue weighted by molar-refractivity contribution is 7.21. The van der Waals surface area contributed by atoms with Crippen LogP contribution in [0.5, 0.6) is 0 Å². The zero-order valence-corrected chi connectivity index (χ0v) is 19.0. The molecular formula is C26H27N3O2S. The Labute approximate surface area is 192 Å². The van der Waals surface area contributed by atoms with E-state index >= 15 is 0 Å². The number of likely N-dealkylation sites (tertiary alicyclic amines) is 1. The van der Waals surface area contributed by atoms with Crippen molar-refractivity contribution in [2.45, 2.75) is 18.9 Å². The molecule has 0 aliphatic carbocycles. The van der Waals surface area contributed by atoms with E-state index in [-0.39, 0.29) is 5.91 Å². The Kier molecular flexibility index (Phi) is 6.17. The molecule has 1 N–H and O–H groups in total. The van der Waals surface area contributed by atoms with Crippen LogP contribution in [0, 0.1) is 0 Å². The summed E-state index contributed by atoms with van der Waals surface area (Å²) in [5.74, 6) is 0.371. The molecule has 2 aromatic carbocycles. The highest BCUT2D eigenvalue weighted by atomic mass is 32.1. The molecule has 4 aromatic rings. The number of amides is 1. The second kappa shape index (κ2) is 9.36. The minimum atomic E-state index is 0.0127. The molecule has 5 rings (SSSR count). The summed E-state index contributed by atoms with van der Waals surface area (Å²) in [5.41, 5.74) is 3.55. The van der Waals surface area contributed by atoms with Gasteiger partial charge in [-0.2, -0.15) is 0 Å². The fourth-order valence-electron chi connectivity index (χ4n) is 4.68. The van der Waals surface area contributed by atoms with Gasteiger partial charge in [0.1, 0.15) is 0 Å². The van der Waals surface area contributed by atoms with E-state index in [1.807, 2.05) is 18.3 Å². The lowest BCUT2D eigenvalue weighted by atomic mass is 9.95. The normalized spacial score (nSPS) is 16.7. The molecule has 1 atom stereocenters. The lowest BCUT2D eigenvalue weighted by Gasteiger charge is -2.17. The van der Waals surface area contributed by atoms with Gasteiger partial charge in [0.25, 0.3) is 5.91 Å². The predicted octanol–water partition coefficient (Wildman–Crippen LogP) is 4.82. The van der Waals surface area contributed by atoms with E-state index in [9.17, 15) is 4.79 Å². The lowest BCUT2D eigenvalue weighted by molar-refractivity contribution is 0.0940. The number of benzene rings is 2. The summed E-state index contributed by atoms with van der Waals surface area (Å²) in [6, 6.07) is 19.0. The van der Waals surface area contributed by atoms with Crippen molar-refractivity contribution in [3.05, 3.63) is 76.8 Å². The topological polar surface area (TPSA) is 54.5 Å². The zero-order valence-electron chi connectivity index (χ0n) is 18.2. The van der Waals surface area contributed by atoms with E-state index in [4.69, 9.17) is 4.74 Å². The van der Waals surface area contributed by atoms with Crippen LogP contribution in [0.4, 0.5) is 0 Å². The smallest absolute Gasteiger partial charge is 0.261 e. The summed E-state index contributed by atoms with van der Waals surface area (Å²) in [6.45, 7) is 3.95. The first-order valence-corrected chi connectivity index (χ1v) is 11.9. The second-order valence-electron chi connectivity index (χ2n) is 8.34. The summed E-state index contributed by atoms with van der Waals surface area (Å²) < 4.78 is 6.27. The first-order valence-electron chi connectivity index (χ1n) is 11.1. The molecule has 1 aliphatic rings. The number of fused-ring (bicyclic) bond motifs is 2. The van der Waals surface area contributed by atoms with Crippen LogP contribution in [0.15, 0.2) is 60.8 Å². The van der Waals surface area contributed by atoms with E-state index < -0.39 is 0 Å². The van der Waals surface area contributed by atoms with Crippen LogP contribution in [-0.2, 0) is 11.3 Å². The Morgan fingerprint density at radius 2 is 2.12 bits per heavy atom. The molecule has 1 unspecified atom stereocenters. The van der Waals surface area contributed by atoms with E-state index in [1.54, 1.807) is 18.4 Å². The molecule has 1 fully saturated rings. The Morgan fingerprint density at radius 3 is 3.03 bits per heavy atom. The maximum Gasteiger partial charge on any atom is 0.261 e. The van der Waals surface area contributed by atoms with Crippen LogP contribution in [0.3, 0.4) is 0 Å². The molecule has 32 heavy (non-hydrogen) atoms. The van der Waals surface area contributed by atoms with Crippen molar-refractivity contribution < 1.29 is 9.53 Å². The molecule has 1 aliphatic heterocycles. The third-order valence-electron chi connectivity index (χ3n) is 6.19. The fraction of sp³-hybridized carbons (Fsp3) is 0.308. The number of carbonyl (C=O) groups excluding carboxylic acids is 1. The first-order chi connectivity index (χ1) is 15.7. The number of thiophene rings is 1. The van der Waals surface area contributed by atoms with E-state index in [0.29, 0.717) is 19.1 Å². The average molecular weight is 446 g/mol. The van der Waals surface area contributed by atoms with Crippen LogP contribution < -0.4 is 5.32 Å². The summed E-state index contributed by atoms with van der Waals surface area (Å²) >= 11 is 1.61. The van der Waals surface area contributed by atoms with Gasteiger partial charge in [-0.3, -0.25) is 14.7 Å². The molecule has 0 saturated carbocycles. The lowest BCUT2D eigenvalue weighted by Crippen LogP contribution is -2.27. The molecule has 0 spiro atoms. The monoisotopic (exact) mass is 445 g/mol. The van der Waals surface area contributed by atoms with Gasteiger partial charge in [-0.1, -0.05) is 30.3 Å². The maximum atomic E-state index is 13.0. The Balaban J connectivity index is 1.37. The minimum Gasteiger partial charge on any atom is -0.383 e. The quantitative estimate of drug-likeness (QED) is 0.415. The summed E-state index contributed by atoms with van der Waals surface area (Å²) in [4.78, 5) is 20.8. The zero-order chi connectivity index (χ0) is 21.9. The number of rotatable bonds is 7. The number of methoxy groups -OCH3 is 1. The van der Waals surface area contributed by atoms with Crippen LogP contribution >= 0.6 is 11.3 Å². The van der Waals surface area contributed by atoms with Gasteiger partial charge in [-0.05, 0) is 53.7 Å². The van der Waals surface area contributed by atoms with Gasteiger partial charge in [-0.25, -0.2) is 0 Å². The van der Waals surface area contributed by atoms with E-state index in [1.165, 1.54) is 26.6 Å². The number of pyridine rings is 1. The summed E-state index contributed by atoms with van der Waals surface area (Å²) in [6.07, 6.45) is 2.90. The van der Waals surface area contributed by atoms with Gasteiger partial charge in [0.15, 0.2) is 0 Å². The van der Waals surface area contributed by atoms with Crippen molar-refractivity contribution >= 4 is 38.2 Å². The molecule has 1 saturated heterocycles. The SMILES string of the molecule is COCCNC(=O)c1sc2ccccc2c1C1CCN(Cc2ccc3ncccc3c2)C1. The van der Waals surface area contributed by atoms with Crippen molar-refractivity contribution in [3.8, 4) is 0 Å². The highest BCUT2D eigenvalue weighted by Gasteiger charge is 2.30. The number of nitrogens with zero attached hydrogens (tertiary/aromatic N) is 2. The Hall–Kier alpha value is -2.80. The number of hydrogen-bond acceptors (Lipinski definition) is 5. The summed E-state index contributed by atoms with van der Waals surface area (Å²) in [5, 5.41) is 5.42. The Morgan fingerprint density at radius 1 is 1.22 bits per heavy atom. The maximum absolute atomic E-state index is 13.0. The van der Waals surface area contributed by atoms with Gasteiger partial charge < -0.3 is 10.1 Å². The molecule has 5 nitrogen and oxygen atoms in total. The molecule has 0 radical (unpaired) electrons. The van der Waals surface area contributed by atoms with Crippen molar-refractivity contribution in [1.29, 1.82) is 0 Å². The summed E-state index contributed by atoms with van der Waals surface area (Å²) in [7, 11) is 1.65. The van der Waals surface area contributed by atoms with E-state index in [2.05, 4.69) is 57.7 Å².